The van der Waals surface area contributed by atoms with Crippen LogP contribution in [0.25, 0.3) is 10.2 Å². The summed E-state index contributed by atoms with van der Waals surface area (Å²) in [5.41, 5.74) is 3.60. The van der Waals surface area contributed by atoms with E-state index in [0.29, 0.717) is 37.0 Å². The fourth-order valence-electron chi connectivity index (χ4n) is 3.83. The lowest BCUT2D eigenvalue weighted by Gasteiger charge is -2.29. The maximum Gasteiger partial charge on any atom is 0.260 e. The highest BCUT2D eigenvalue weighted by molar-refractivity contribution is 7.90. The SMILES string of the molecule is Cc1cc(C)c2sc(N(CCN3CCOCC3)C(=O)c3ccc(S(C)(=O)=O)cc3)nc2c1. The van der Waals surface area contributed by atoms with Gasteiger partial charge in [0.05, 0.1) is 28.3 Å². The number of rotatable bonds is 6. The Morgan fingerprint density at radius 3 is 2.50 bits per heavy atom. The van der Waals surface area contributed by atoms with Crippen LogP contribution in [0.2, 0.25) is 0 Å². The molecule has 0 spiro atoms. The molecule has 3 aromatic rings. The first-order valence-corrected chi connectivity index (χ1v) is 13.2. The van der Waals surface area contributed by atoms with Crippen molar-refractivity contribution in [1.82, 2.24) is 9.88 Å². The Kier molecular flexibility index (Phi) is 6.62. The van der Waals surface area contributed by atoms with Gasteiger partial charge >= 0.3 is 0 Å². The minimum absolute atomic E-state index is 0.188. The molecule has 0 bridgehead atoms. The van der Waals surface area contributed by atoms with E-state index in [0.717, 1.165) is 40.7 Å². The molecule has 4 rings (SSSR count). The number of benzene rings is 2. The summed E-state index contributed by atoms with van der Waals surface area (Å²) in [6.07, 6.45) is 1.16. The van der Waals surface area contributed by atoms with Crippen LogP contribution in [0.5, 0.6) is 0 Å². The highest BCUT2D eigenvalue weighted by atomic mass is 32.2. The third kappa shape index (κ3) is 5.01. The zero-order chi connectivity index (χ0) is 22.9. The van der Waals surface area contributed by atoms with Gasteiger partial charge in [-0.25, -0.2) is 13.4 Å². The average molecular weight is 474 g/mol. The van der Waals surface area contributed by atoms with Crippen LogP contribution in [0.4, 0.5) is 5.13 Å². The molecule has 1 saturated heterocycles. The van der Waals surface area contributed by atoms with Crippen LogP contribution in [-0.2, 0) is 14.6 Å². The number of hydrogen-bond donors (Lipinski definition) is 0. The number of nitrogens with zero attached hydrogens (tertiary/aromatic N) is 3. The number of amides is 1. The van der Waals surface area contributed by atoms with Crippen molar-refractivity contribution in [3.8, 4) is 0 Å². The number of sulfone groups is 1. The molecule has 2 aromatic carbocycles. The van der Waals surface area contributed by atoms with E-state index in [1.165, 1.54) is 23.5 Å². The van der Waals surface area contributed by atoms with Gasteiger partial charge in [-0.05, 0) is 55.3 Å². The predicted octanol–water partition coefficient (Wildman–Crippen LogP) is 3.30. The first-order valence-electron chi connectivity index (χ1n) is 10.5. The number of carbonyl (C=O) groups excluding carboxylic acids is 1. The molecule has 0 N–H and O–H groups in total. The number of hydrogen-bond acceptors (Lipinski definition) is 7. The Balaban J connectivity index is 1.66. The minimum atomic E-state index is -3.32. The fraction of sp³-hybridized carbons (Fsp3) is 0.391. The molecule has 170 valence electrons. The molecule has 1 amide bonds. The number of aromatic nitrogens is 1. The van der Waals surface area contributed by atoms with Gasteiger partial charge in [0.2, 0.25) is 0 Å². The molecule has 0 unspecified atom stereocenters. The van der Waals surface area contributed by atoms with Crippen molar-refractivity contribution in [1.29, 1.82) is 0 Å². The Morgan fingerprint density at radius 1 is 1.16 bits per heavy atom. The Bertz CT molecular complexity index is 1230. The molecule has 0 radical (unpaired) electrons. The van der Waals surface area contributed by atoms with Gasteiger partial charge in [-0.3, -0.25) is 14.6 Å². The lowest BCUT2D eigenvalue weighted by molar-refractivity contribution is 0.0391. The first-order chi connectivity index (χ1) is 15.2. The largest absolute Gasteiger partial charge is 0.379 e. The molecule has 7 nitrogen and oxygen atoms in total. The van der Waals surface area contributed by atoms with Gasteiger partial charge in [-0.1, -0.05) is 17.4 Å². The summed E-state index contributed by atoms with van der Waals surface area (Å²) in [6, 6.07) is 10.3. The first kappa shape index (κ1) is 22.8. The van der Waals surface area contributed by atoms with Crippen molar-refractivity contribution in [3.05, 3.63) is 53.1 Å². The van der Waals surface area contributed by atoms with E-state index in [1.807, 2.05) is 13.0 Å². The summed E-state index contributed by atoms with van der Waals surface area (Å²) in [5.74, 6) is -0.188. The lowest BCUT2D eigenvalue weighted by atomic mass is 10.1. The van der Waals surface area contributed by atoms with E-state index in [9.17, 15) is 13.2 Å². The predicted molar refractivity (Wildman–Crippen MR) is 128 cm³/mol. The van der Waals surface area contributed by atoms with E-state index >= 15 is 0 Å². The highest BCUT2D eigenvalue weighted by Gasteiger charge is 2.23. The van der Waals surface area contributed by atoms with Crippen LogP contribution >= 0.6 is 11.3 Å². The quantitative estimate of drug-likeness (QED) is 0.547. The summed E-state index contributed by atoms with van der Waals surface area (Å²) < 4.78 is 30.1. The van der Waals surface area contributed by atoms with Crippen molar-refractivity contribution >= 4 is 42.4 Å². The minimum Gasteiger partial charge on any atom is -0.379 e. The molecule has 0 saturated carbocycles. The van der Waals surface area contributed by atoms with E-state index < -0.39 is 9.84 Å². The van der Waals surface area contributed by atoms with Gasteiger partial charge in [0.1, 0.15) is 0 Å². The highest BCUT2D eigenvalue weighted by Crippen LogP contribution is 2.33. The summed E-state index contributed by atoms with van der Waals surface area (Å²) in [6.45, 7) is 8.36. The maximum atomic E-state index is 13.5. The van der Waals surface area contributed by atoms with Gasteiger partial charge in [0.15, 0.2) is 15.0 Å². The van der Waals surface area contributed by atoms with Crippen LogP contribution in [-0.4, -0.2) is 69.9 Å². The number of ether oxygens (including phenoxy) is 1. The third-order valence-electron chi connectivity index (χ3n) is 5.56. The van der Waals surface area contributed by atoms with E-state index in [4.69, 9.17) is 9.72 Å². The molecule has 0 atom stereocenters. The van der Waals surface area contributed by atoms with Gasteiger partial charge in [0.25, 0.3) is 5.91 Å². The molecule has 2 heterocycles. The number of anilines is 1. The number of aryl methyl sites for hydroxylation is 2. The van der Waals surface area contributed by atoms with E-state index in [1.54, 1.807) is 17.0 Å². The lowest BCUT2D eigenvalue weighted by Crippen LogP contribution is -2.43. The molecule has 32 heavy (non-hydrogen) atoms. The molecule has 1 aliphatic rings. The molecule has 0 aliphatic carbocycles. The topological polar surface area (TPSA) is 79.8 Å². The standard InChI is InChI=1S/C23H27N3O4S2/c1-16-14-17(2)21-20(15-16)24-23(31-21)26(9-8-25-10-12-30-13-11-25)22(27)18-4-6-19(7-5-18)32(3,28)29/h4-7,14-15H,8-13H2,1-3H3. The normalized spacial score (nSPS) is 15.2. The van der Waals surface area contributed by atoms with Gasteiger partial charge in [-0.15, -0.1) is 0 Å². The second kappa shape index (κ2) is 9.27. The smallest absolute Gasteiger partial charge is 0.260 e. The molecule has 9 heteroatoms. The number of morpholine rings is 1. The molecular weight excluding hydrogens is 446 g/mol. The average Bonchev–Trinajstić information content (AvgIpc) is 3.18. The molecule has 1 fully saturated rings. The zero-order valence-electron chi connectivity index (χ0n) is 18.5. The summed E-state index contributed by atoms with van der Waals surface area (Å²) >= 11 is 1.51. The second-order valence-electron chi connectivity index (χ2n) is 8.13. The zero-order valence-corrected chi connectivity index (χ0v) is 20.1. The second-order valence-corrected chi connectivity index (χ2v) is 11.1. The Labute approximate surface area is 192 Å². The van der Waals surface area contributed by atoms with Crippen LogP contribution in [0, 0.1) is 13.8 Å². The van der Waals surface area contributed by atoms with Gasteiger partial charge in [0, 0.05) is 38.0 Å². The maximum absolute atomic E-state index is 13.5. The third-order valence-corrected chi connectivity index (χ3v) is 7.92. The Morgan fingerprint density at radius 2 is 1.84 bits per heavy atom. The van der Waals surface area contributed by atoms with Crippen LogP contribution in [0.1, 0.15) is 21.5 Å². The van der Waals surface area contributed by atoms with Crippen LogP contribution in [0.15, 0.2) is 41.3 Å². The van der Waals surface area contributed by atoms with Crippen LogP contribution in [0.3, 0.4) is 0 Å². The van der Waals surface area contributed by atoms with Crippen molar-refractivity contribution < 1.29 is 17.9 Å². The number of fused-ring (bicyclic) bond motifs is 1. The van der Waals surface area contributed by atoms with E-state index in [2.05, 4.69) is 17.9 Å². The number of thiazole rings is 1. The van der Waals surface area contributed by atoms with Gasteiger partial charge < -0.3 is 4.74 Å². The molecule has 1 aromatic heterocycles. The Hall–Kier alpha value is -2.33. The summed E-state index contributed by atoms with van der Waals surface area (Å²) in [7, 11) is -3.32. The molecular formula is C23H27N3O4S2. The van der Waals surface area contributed by atoms with Crippen molar-refractivity contribution in [2.75, 3.05) is 50.5 Å². The van der Waals surface area contributed by atoms with Crippen molar-refractivity contribution in [2.45, 2.75) is 18.7 Å². The summed E-state index contributed by atoms with van der Waals surface area (Å²) in [5, 5.41) is 0.652. The van der Waals surface area contributed by atoms with Crippen molar-refractivity contribution in [2.24, 2.45) is 0 Å². The monoisotopic (exact) mass is 473 g/mol. The van der Waals surface area contributed by atoms with Gasteiger partial charge in [-0.2, -0.15) is 0 Å². The van der Waals surface area contributed by atoms with Crippen molar-refractivity contribution in [3.63, 3.8) is 0 Å². The molecule has 1 aliphatic heterocycles. The van der Waals surface area contributed by atoms with Crippen LogP contribution < -0.4 is 4.90 Å². The summed E-state index contributed by atoms with van der Waals surface area (Å²) in [4.78, 5) is 22.5. The number of carbonyl (C=O) groups is 1. The fourth-order valence-corrected chi connectivity index (χ4v) is 5.50. The van der Waals surface area contributed by atoms with E-state index in [-0.39, 0.29) is 10.8 Å².